The molecule has 7 heteroatoms. The fourth-order valence-electron chi connectivity index (χ4n) is 3.75. The first-order valence-corrected chi connectivity index (χ1v) is 10.5. The molecule has 3 N–H and O–H groups in total. The number of carbonyl (C=O) groups is 1. The van der Waals surface area contributed by atoms with Crippen LogP contribution in [0.3, 0.4) is 0 Å². The maximum absolute atomic E-state index is 13.8. The van der Waals surface area contributed by atoms with Crippen molar-refractivity contribution < 1.29 is 19.4 Å². The van der Waals surface area contributed by atoms with Crippen molar-refractivity contribution in [2.45, 2.75) is 12.8 Å². The number of aliphatic hydroxyl groups is 1. The number of halogens is 2. The van der Waals surface area contributed by atoms with Gasteiger partial charge in [0.2, 0.25) is 0 Å². The zero-order valence-electron chi connectivity index (χ0n) is 17.6. The Morgan fingerprint density at radius 2 is 1.85 bits per heavy atom. The van der Waals surface area contributed by atoms with E-state index in [-0.39, 0.29) is 16.7 Å². The minimum absolute atomic E-state index is 0.0222. The van der Waals surface area contributed by atoms with Crippen LogP contribution in [0.4, 0.5) is 4.39 Å². The molecule has 0 radical (unpaired) electrons. The fourth-order valence-corrected chi connectivity index (χ4v) is 4.02. The largest absolute Gasteiger partial charge is 0.507 e. The van der Waals surface area contributed by atoms with Gasteiger partial charge in [-0.1, -0.05) is 48.9 Å². The highest BCUT2D eigenvalue weighted by Gasteiger charge is 2.22. The van der Waals surface area contributed by atoms with Gasteiger partial charge in [-0.05, 0) is 47.5 Å². The van der Waals surface area contributed by atoms with E-state index in [1.807, 2.05) is 31.2 Å². The zero-order chi connectivity index (χ0) is 23.5. The SMILES string of the molecule is CC(/C(=C(\O)c1ccc2[nH]ncc2c1)c1ccc(F)cc1Cl)c1ccc(/C=C/C(=O)O)cc1. The Bertz CT molecular complexity index is 1390. The third kappa shape index (κ3) is 4.81. The Kier molecular flexibility index (Phi) is 6.29. The summed E-state index contributed by atoms with van der Waals surface area (Å²) < 4.78 is 13.8. The van der Waals surface area contributed by atoms with Gasteiger partial charge in [0, 0.05) is 34.1 Å². The van der Waals surface area contributed by atoms with Crippen molar-refractivity contribution in [1.29, 1.82) is 0 Å². The lowest BCUT2D eigenvalue weighted by Gasteiger charge is -2.21. The van der Waals surface area contributed by atoms with Gasteiger partial charge in [0.05, 0.1) is 16.7 Å². The highest BCUT2D eigenvalue weighted by molar-refractivity contribution is 6.32. The lowest BCUT2D eigenvalue weighted by atomic mass is 9.85. The number of allylic oxidation sites excluding steroid dienone is 1. The van der Waals surface area contributed by atoms with E-state index >= 15 is 0 Å². The molecule has 1 aromatic heterocycles. The summed E-state index contributed by atoms with van der Waals surface area (Å²) in [4.78, 5) is 10.8. The summed E-state index contributed by atoms with van der Waals surface area (Å²) in [6, 6.07) is 16.8. The average Bonchev–Trinajstić information content (AvgIpc) is 3.27. The van der Waals surface area contributed by atoms with Crippen molar-refractivity contribution in [3.05, 3.63) is 106 Å². The first-order valence-electron chi connectivity index (χ1n) is 10.2. The monoisotopic (exact) mass is 462 g/mol. The number of aliphatic carboxylic acids is 1. The number of aromatic nitrogens is 2. The van der Waals surface area contributed by atoms with E-state index in [1.54, 1.807) is 30.5 Å². The highest BCUT2D eigenvalue weighted by Crippen LogP contribution is 2.40. The average molecular weight is 463 g/mol. The molecule has 0 aliphatic heterocycles. The molecular formula is C26H20ClFN2O3. The Morgan fingerprint density at radius 1 is 1.09 bits per heavy atom. The normalized spacial score (nSPS) is 13.3. The number of hydrogen-bond acceptors (Lipinski definition) is 3. The maximum atomic E-state index is 13.8. The summed E-state index contributed by atoms with van der Waals surface area (Å²) in [6.07, 6.45) is 4.24. The number of hydrogen-bond donors (Lipinski definition) is 3. The van der Waals surface area contributed by atoms with Crippen molar-refractivity contribution in [3.8, 4) is 0 Å². The first kappa shape index (κ1) is 22.3. The van der Waals surface area contributed by atoms with Crippen molar-refractivity contribution in [2.24, 2.45) is 0 Å². The summed E-state index contributed by atoms with van der Waals surface area (Å²) in [7, 11) is 0. The molecule has 0 amide bonds. The Morgan fingerprint density at radius 3 is 2.55 bits per heavy atom. The number of nitrogens with zero attached hydrogens (tertiary/aromatic N) is 1. The molecule has 0 bridgehead atoms. The second-order valence-electron chi connectivity index (χ2n) is 7.62. The van der Waals surface area contributed by atoms with Crippen LogP contribution in [-0.4, -0.2) is 26.4 Å². The molecular weight excluding hydrogens is 443 g/mol. The topological polar surface area (TPSA) is 86.2 Å². The van der Waals surface area contributed by atoms with Gasteiger partial charge >= 0.3 is 5.97 Å². The van der Waals surface area contributed by atoms with Gasteiger partial charge in [0.25, 0.3) is 0 Å². The number of aromatic amines is 1. The molecule has 0 aliphatic carbocycles. The van der Waals surface area contributed by atoms with E-state index < -0.39 is 11.8 Å². The number of carboxylic acid groups (broad SMARTS) is 1. The molecule has 0 spiro atoms. The van der Waals surface area contributed by atoms with Gasteiger partial charge < -0.3 is 10.2 Å². The van der Waals surface area contributed by atoms with Gasteiger partial charge in [-0.25, -0.2) is 9.18 Å². The third-order valence-corrected chi connectivity index (χ3v) is 5.79. The van der Waals surface area contributed by atoms with E-state index in [0.717, 1.165) is 28.1 Å². The summed E-state index contributed by atoms with van der Waals surface area (Å²) in [5.41, 5.74) is 4.07. The van der Waals surface area contributed by atoms with Crippen LogP contribution in [0.5, 0.6) is 0 Å². The predicted molar refractivity (Wildman–Crippen MR) is 128 cm³/mol. The van der Waals surface area contributed by atoms with E-state index in [1.165, 1.54) is 18.2 Å². The predicted octanol–water partition coefficient (Wildman–Crippen LogP) is 6.68. The van der Waals surface area contributed by atoms with Crippen LogP contribution in [-0.2, 0) is 4.79 Å². The summed E-state index contributed by atoms with van der Waals surface area (Å²) in [5.74, 6) is -1.78. The summed E-state index contributed by atoms with van der Waals surface area (Å²) in [5, 5.41) is 28.1. The summed E-state index contributed by atoms with van der Waals surface area (Å²) >= 11 is 6.40. The van der Waals surface area contributed by atoms with Crippen molar-refractivity contribution in [3.63, 3.8) is 0 Å². The van der Waals surface area contributed by atoms with E-state index in [9.17, 15) is 14.3 Å². The van der Waals surface area contributed by atoms with Crippen molar-refractivity contribution in [2.75, 3.05) is 0 Å². The van der Waals surface area contributed by atoms with Crippen LogP contribution in [0.1, 0.15) is 35.1 Å². The molecule has 33 heavy (non-hydrogen) atoms. The van der Waals surface area contributed by atoms with Crippen LogP contribution in [0, 0.1) is 5.82 Å². The second kappa shape index (κ2) is 9.30. The molecule has 3 aromatic carbocycles. The molecule has 1 unspecified atom stereocenters. The minimum atomic E-state index is -1.02. The molecule has 1 heterocycles. The Hall–Kier alpha value is -3.90. The lowest BCUT2D eigenvalue weighted by Crippen LogP contribution is -2.03. The fraction of sp³-hybridized carbons (Fsp3) is 0.0769. The third-order valence-electron chi connectivity index (χ3n) is 5.48. The van der Waals surface area contributed by atoms with E-state index in [4.69, 9.17) is 16.7 Å². The molecule has 0 saturated carbocycles. The number of carboxylic acids is 1. The van der Waals surface area contributed by atoms with E-state index in [2.05, 4.69) is 10.2 Å². The van der Waals surface area contributed by atoms with E-state index in [0.29, 0.717) is 16.7 Å². The van der Waals surface area contributed by atoms with Crippen LogP contribution in [0.15, 0.2) is 72.9 Å². The molecule has 5 nitrogen and oxygen atoms in total. The number of fused-ring (bicyclic) bond motifs is 1. The van der Waals surface area contributed by atoms with Gasteiger partial charge in [-0.2, -0.15) is 5.10 Å². The number of H-pyrrole nitrogens is 1. The number of rotatable bonds is 6. The van der Waals surface area contributed by atoms with Crippen LogP contribution in [0.25, 0.3) is 28.3 Å². The molecule has 4 aromatic rings. The Labute approximate surface area is 194 Å². The van der Waals surface area contributed by atoms with Crippen molar-refractivity contribution in [1.82, 2.24) is 10.2 Å². The van der Waals surface area contributed by atoms with Gasteiger partial charge in [-0.3, -0.25) is 5.10 Å². The first-order chi connectivity index (χ1) is 15.8. The minimum Gasteiger partial charge on any atom is -0.507 e. The molecule has 4 rings (SSSR count). The standard InChI is InChI=1S/C26H20ClFN2O3/c1-15(17-5-2-16(3-6-17)4-11-24(31)32)25(21-9-8-20(28)13-22(21)27)26(33)18-7-10-23-19(12-18)14-29-30-23/h2-15,33H,1H3,(H,29,30)(H,31,32)/b11-4+,26-25+. The highest BCUT2D eigenvalue weighted by atomic mass is 35.5. The zero-order valence-corrected chi connectivity index (χ0v) is 18.3. The molecule has 0 aliphatic rings. The molecule has 0 fully saturated rings. The molecule has 1 atom stereocenters. The quantitative estimate of drug-likeness (QED) is 0.169. The van der Waals surface area contributed by atoms with Crippen LogP contribution < -0.4 is 0 Å². The smallest absolute Gasteiger partial charge is 0.328 e. The maximum Gasteiger partial charge on any atom is 0.328 e. The number of nitrogens with one attached hydrogen (secondary N) is 1. The molecule has 166 valence electrons. The Balaban J connectivity index is 1.83. The molecule has 0 saturated heterocycles. The lowest BCUT2D eigenvalue weighted by molar-refractivity contribution is -0.131. The van der Waals surface area contributed by atoms with Crippen LogP contribution in [0.2, 0.25) is 5.02 Å². The van der Waals surface area contributed by atoms with Gasteiger partial charge in [0.15, 0.2) is 0 Å². The number of benzene rings is 3. The number of aliphatic hydroxyl groups excluding tert-OH is 1. The van der Waals surface area contributed by atoms with Crippen molar-refractivity contribution >= 4 is 45.9 Å². The summed E-state index contributed by atoms with van der Waals surface area (Å²) in [6.45, 7) is 1.92. The van der Waals surface area contributed by atoms with Gasteiger partial charge in [-0.15, -0.1) is 0 Å². The van der Waals surface area contributed by atoms with Crippen LogP contribution >= 0.6 is 11.6 Å². The van der Waals surface area contributed by atoms with Gasteiger partial charge in [0.1, 0.15) is 11.6 Å². The second-order valence-corrected chi connectivity index (χ2v) is 8.03.